The van der Waals surface area contributed by atoms with Gasteiger partial charge in [-0.1, -0.05) is 19.8 Å². The van der Waals surface area contributed by atoms with Crippen LogP contribution in [0.1, 0.15) is 51.9 Å². The average molecular weight is 186 g/mol. The zero-order chi connectivity index (χ0) is 9.52. The van der Waals surface area contributed by atoms with Crippen molar-refractivity contribution in [1.29, 1.82) is 0 Å². The molecule has 2 heteroatoms. The SMILES string of the molecule is CCCC[C@@H]1CCC[C@@H](CCO)O1. The van der Waals surface area contributed by atoms with E-state index in [1.165, 1.54) is 32.1 Å². The van der Waals surface area contributed by atoms with Crippen molar-refractivity contribution in [3.8, 4) is 0 Å². The van der Waals surface area contributed by atoms with Gasteiger partial charge < -0.3 is 9.84 Å². The number of rotatable bonds is 5. The molecule has 2 nitrogen and oxygen atoms in total. The Kier molecular flexibility index (Phi) is 5.40. The summed E-state index contributed by atoms with van der Waals surface area (Å²) in [6.45, 7) is 2.49. The molecule has 0 spiro atoms. The Balaban J connectivity index is 2.16. The van der Waals surface area contributed by atoms with Crippen molar-refractivity contribution in [2.45, 2.75) is 64.1 Å². The quantitative estimate of drug-likeness (QED) is 0.715. The maximum atomic E-state index is 8.80. The van der Waals surface area contributed by atoms with Crippen molar-refractivity contribution >= 4 is 0 Å². The minimum Gasteiger partial charge on any atom is -0.396 e. The van der Waals surface area contributed by atoms with Gasteiger partial charge in [-0.25, -0.2) is 0 Å². The number of ether oxygens (including phenoxy) is 1. The molecule has 1 aliphatic rings. The average Bonchev–Trinajstić information content (AvgIpc) is 2.16. The van der Waals surface area contributed by atoms with E-state index in [0.717, 1.165) is 12.8 Å². The molecule has 0 saturated carbocycles. The van der Waals surface area contributed by atoms with Crippen LogP contribution in [0.25, 0.3) is 0 Å². The van der Waals surface area contributed by atoms with Crippen LogP contribution in [-0.4, -0.2) is 23.9 Å². The second-order valence-electron chi connectivity index (χ2n) is 3.97. The van der Waals surface area contributed by atoms with Crippen LogP contribution < -0.4 is 0 Å². The molecule has 0 bridgehead atoms. The van der Waals surface area contributed by atoms with Gasteiger partial charge in [0.15, 0.2) is 0 Å². The van der Waals surface area contributed by atoms with Crippen molar-refractivity contribution < 1.29 is 9.84 Å². The molecule has 2 atom stereocenters. The summed E-state index contributed by atoms with van der Waals surface area (Å²) < 4.78 is 5.87. The van der Waals surface area contributed by atoms with Crippen molar-refractivity contribution in [1.82, 2.24) is 0 Å². The van der Waals surface area contributed by atoms with Crippen LogP contribution in [0, 0.1) is 0 Å². The van der Waals surface area contributed by atoms with Crippen LogP contribution in [-0.2, 0) is 4.74 Å². The predicted molar refractivity (Wildman–Crippen MR) is 53.7 cm³/mol. The maximum Gasteiger partial charge on any atom is 0.0600 e. The zero-order valence-corrected chi connectivity index (χ0v) is 8.67. The van der Waals surface area contributed by atoms with E-state index in [1.807, 2.05) is 0 Å². The predicted octanol–water partition coefficient (Wildman–Crippen LogP) is 2.50. The van der Waals surface area contributed by atoms with Crippen LogP contribution in [0.4, 0.5) is 0 Å². The molecule has 1 rings (SSSR count). The molecule has 1 saturated heterocycles. The normalized spacial score (nSPS) is 29.1. The lowest BCUT2D eigenvalue weighted by atomic mass is 9.99. The first kappa shape index (κ1) is 11.0. The fraction of sp³-hybridized carbons (Fsp3) is 1.00. The molecule has 13 heavy (non-hydrogen) atoms. The molecule has 1 heterocycles. The van der Waals surface area contributed by atoms with Gasteiger partial charge in [-0.3, -0.25) is 0 Å². The topological polar surface area (TPSA) is 29.5 Å². The lowest BCUT2D eigenvalue weighted by Gasteiger charge is -2.29. The Morgan fingerprint density at radius 2 is 1.92 bits per heavy atom. The molecule has 1 fully saturated rings. The monoisotopic (exact) mass is 186 g/mol. The smallest absolute Gasteiger partial charge is 0.0600 e. The highest BCUT2D eigenvalue weighted by Gasteiger charge is 2.20. The molecular formula is C11H22O2. The standard InChI is InChI=1S/C11H22O2/c1-2-3-5-10-6-4-7-11(13-10)8-9-12/h10-12H,2-9H2,1H3/t10-,11+/m1/s1. The van der Waals surface area contributed by atoms with E-state index in [0.29, 0.717) is 12.2 Å². The van der Waals surface area contributed by atoms with Crippen LogP contribution in [0.2, 0.25) is 0 Å². The second kappa shape index (κ2) is 6.39. The minimum absolute atomic E-state index is 0.269. The van der Waals surface area contributed by atoms with E-state index in [-0.39, 0.29) is 6.61 Å². The summed E-state index contributed by atoms with van der Waals surface area (Å²) in [5.74, 6) is 0. The molecule has 1 aliphatic heterocycles. The zero-order valence-electron chi connectivity index (χ0n) is 8.67. The van der Waals surface area contributed by atoms with Gasteiger partial charge in [-0.15, -0.1) is 0 Å². The third-order valence-corrected chi connectivity index (χ3v) is 2.77. The van der Waals surface area contributed by atoms with Gasteiger partial charge in [0.2, 0.25) is 0 Å². The van der Waals surface area contributed by atoms with E-state index in [2.05, 4.69) is 6.92 Å². The lowest BCUT2D eigenvalue weighted by Crippen LogP contribution is -2.28. The fourth-order valence-corrected chi connectivity index (χ4v) is 1.98. The highest BCUT2D eigenvalue weighted by Crippen LogP contribution is 2.24. The molecule has 0 aromatic heterocycles. The summed E-state index contributed by atoms with van der Waals surface area (Å²) >= 11 is 0. The van der Waals surface area contributed by atoms with Crippen molar-refractivity contribution in [2.75, 3.05) is 6.61 Å². The van der Waals surface area contributed by atoms with E-state index >= 15 is 0 Å². The van der Waals surface area contributed by atoms with Gasteiger partial charge in [0, 0.05) is 6.61 Å². The molecule has 0 aromatic rings. The minimum atomic E-state index is 0.269. The summed E-state index contributed by atoms with van der Waals surface area (Å²) in [6.07, 6.45) is 9.01. The second-order valence-corrected chi connectivity index (χ2v) is 3.97. The Morgan fingerprint density at radius 1 is 1.23 bits per heavy atom. The van der Waals surface area contributed by atoms with Gasteiger partial charge in [0.05, 0.1) is 12.2 Å². The highest BCUT2D eigenvalue weighted by molar-refractivity contribution is 4.70. The molecule has 0 radical (unpaired) electrons. The van der Waals surface area contributed by atoms with Gasteiger partial charge in [-0.2, -0.15) is 0 Å². The van der Waals surface area contributed by atoms with Gasteiger partial charge in [-0.05, 0) is 32.1 Å². The largest absolute Gasteiger partial charge is 0.396 e. The summed E-state index contributed by atoms with van der Waals surface area (Å²) in [5, 5.41) is 8.80. The third-order valence-electron chi connectivity index (χ3n) is 2.77. The van der Waals surface area contributed by atoms with Crippen molar-refractivity contribution in [3.05, 3.63) is 0 Å². The third kappa shape index (κ3) is 4.10. The number of hydrogen-bond donors (Lipinski definition) is 1. The highest BCUT2D eigenvalue weighted by atomic mass is 16.5. The van der Waals surface area contributed by atoms with E-state index in [9.17, 15) is 0 Å². The van der Waals surface area contributed by atoms with E-state index in [1.54, 1.807) is 0 Å². The van der Waals surface area contributed by atoms with Crippen LogP contribution in [0.5, 0.6) is 0 Å². The first-order valence-corrected chi connectivity index (χ1v) is 5.63. The number of aliphatic hydroxyl groups is 1. The molecule has 1 N–H and O–H groups in total. The fourth-order valence-electron chi connectivity index (χ4n) is 1.98. The number of hydrogen-bond acceptors (Lipinski definition) is 2. The molecule has 0 aromatic carbocycles. The Bertz CT molecular complexity index is 123. The first-order valence-electron chi connectivity index (χ1n) is 5.63. The van der Waals surface area contributed by atoms with Crippen molar-refractivity contribution in [3.63, 3.8) is 0 Å². The Morgan fingerprint density at radius 3 is 2.54 bits per heavy atom. The molecular weight excluding hydrogens is 164 g/mol. The van der Waals surface area contributed by atoms with E-state index in [4.69, 9.17) is 9.84 Å². The molecule has 0 unspecified atom stereocenters. The van der Waals surface area contributed by atoms with Crippen LogP contribution in [0.15, 0.2) is 0 Å². The lowest BCUT2D eigenvalue weighted by molar-refractivity contribution is -0.0619. The van der Waals surface area contributed by atoms with Gasteiger partial charge in [0.25, 0.3) is 0 Å². The molecule has 0 aliphatic carbocycles. The summed E-state index contributed by atoms with van der Waals surface area (Å²) in [4.78, 5) is 0. The summed E-state index contributed by atoms with van der Waals surface area (Å²) in [5.41, 5.74) is 0. The first-order chi connectivity index (χ1) is 6.36. The van der Waals surface area contributed by atoms with Crippen molar-refractivity contribution in [2.24, 2.45) is 0 Å². The summed E-state index contributed by atoms with van der Waals surface area (Å²) in [6, 6.07) is 0. The summed E-state index contributed by atoms with van der Waals surface area (Å²) in [7, 11) is 0. The number of aliphatic hydroxyl groups excluding tert-OH is 1. The molecule has 78 valence electrons. The van der Waals surface area contributed by atoms with E-state index < -0.39 is 0 Å². The van der Waals surface area contributed by atoms with Crippen LogP contribution >= 0.6 is 0 Å². The Hall–Kier alpha value is -0.0800. The van der Waals surface area contributed by atoms with Gasteiger partial charge >= 0.3 is 0 Å². The molecule has 0 amide bonds. The van der Waals surface area contributed by atoms with Crippen LogP contribution in [0.3, 0.4) is 0 Å². The Labute approximate surface area is 81.3 Å². The maximum absolute atomic E-state index is 8.80. The van der Waals surface area contributed by atoms with Gasteiger partial charge in [0.1, 0.15) is 0 Å². The number of unbranched alkanes of at least 4 members (excludes halogenated alkanes) is 1.